The van der Waals surface area contributed by atoms with Crippen LogP contribution in [0.15, 0.2) is 12.1 Å². The lowest BCUT2D eigenvalue weighted by molar-refractivity contribution is 0.105. The summed E-state index contributed by atoms with van der Waals surface area (Å²) in [5, 5.41) is 17.2. The number of aliphatic hydroxyl groups excluding tert-OH is 1. The number of hydrogen-bond acceptors (Lipinski definition) is 3. The van der Waals surface area contributed by atoms with Crippen LogP contribution in [0.1, 0.15) is 31.2 Å². The van der Waals surface area contributed by atoms with E-state index < -0.39 is 17.7 Å². The quantitative estimate of drug-likeness (QED) is 0.586. The molecule has 4 nitrogen and oxygen atoms in total. The third-order valence-electron chi connectivity index (χ3n) is 3.87. The molecule has 1 aliphatic rings. The van der Waals surface area contributed by atoms with Crippen molar-refractivity contribution in [1.29, 1.82) is 5.41 Å². The van der Waals surface area contributed by atoms with E-state index in [-0.39, 0.29) is 23.1 Å². The predicted octanol–water partition coefficient (Wildman–Crippen LogP) is 1.99. The van der Waals surface area contributed by atoms with E-state index in [0.717, 1.165) is 25.0 Å². The molecule has 2 unspecified atom stereocenters. The van der Waals surface area contributed by atoms with Gasteiger partial charge in [0.2, 0.25) is 0 Å². The minimum atomic E-state index is -0.768. The van der Waals surface area contributed by atoms with Crippen molar-refractivity contribution in [3.63, 3.8) is 0 Å². The van der Waals surface area contributed by atoms with E-state index in [1.807, 2.05) is 0 Å². The van der Waals surface area contributed by atoms with Crippen LogP contribution in [-0.2, 0) is 0 Å². The summed E-state index contributed by atoms with van der Waals surface area (Å²) in [6.45, 7) is 0. The zero-order chi connectivity index (χ0) is 14.9. The summed E-state index contributed by atoms with van der Waals surface area (Å²) in [5.41, 5.74) is 5.07. The van der Waals surface area contributed by atoms with Crippen molar-refractivity contribution in [1.82, 2.24) is 0 Å². The number of hydrogen-bond donors (Lipinski definition) is 3. The second-order valence-corrected chi connectivity index (χ2v) is 5.23. The van der Waals surface area contributed by atoms with Gasteiger partial charge in [-0.2, -0.15) is 0 Å². The van der Waals surface area contributed by atoms with E-state index in [2.05, 4.69) is 0 Å². The van der Waals surface area contributed by atoms with Crippen LogP contribution in [0, 0.1) is 17.0 Å². The lowest BCUT2D eigenvalue weighted by Crippen LogP contribution is -2.44. The van der Waals surface area contributed by atoms with E-state index in [1.165, 1.54) is 4.90 Å². The Bertz CT molecular complexity index is 498. The Morgan fingerprint density at radius 3 is 2.35 bits per heavy atom. The van der Waals surface area contributed by atoms with Gasteiger partial charge in [0.15, 0.2) is 0 Å². The maximum atomic E-state index is 14.1. The molecule has 1 aromatic carbocycles. The topological polar surface area (TPSA) is 73.3 Å². The van der Waals surface area contributed by atoms with Crippen molar-refractivity contribution in [3.05, 3.63) is 29.3 Å². The number of anilines is 1. The van der Waals surface area contributed by atoms with Gasteiger partial charge in [-0.1, -0.05) is 12.8 Å². The van der Waals surface area contributed by atoms with Crippen molar-refractivity contribution in [2.24, 2.45) is 5.73 Å². The highest BCUT2D eigenvalue weighted by Crippen LogP contribution is 2.30. The molecule has 1 aromatic rings. The Kier molecular flexibility index (Phi) is 4.23. The number of rotatable bonds is 3. The minimum Gasteiger partial charge on any atom is -0.391 e. The van der Waals surface area contributed by atoms with Crippen LogP contribution < -0.4 is 10.6 Å². The molecule has 0 bridgehead atoms. The number of nitrogen functional groups attached to an aromatic ring is 1. The predicted molar refractivity (Wildman–Crippen MR) is 74.0 cm³/mol. The van der Waals surface area contributed by atoms with E-state index >= 15 is 0 Å². The molecule has 0 aromatic heterocycles. The first-order valence-corrected chi connectivity index (χ1v) is 6.66. The first-order chi connectivity index (χ1) is 9.41. The molecule has 6 heteroatoms. The summed E-state index contributed by atoms with van der Waals surface area (Å²) in [6, 6.07) is 1.80. The van der Waals surface area contributed by atoms with E-state index in [1.54, 1.807) is 7.05 Å². The second kappa shape index (κ2) is 5.75. The SMILES string of the molecule is CN(c1c(F)cc(C(=N)N)cc1F)C1CCCCC1O. The standard InChI is InChI=1S/C14H19F2N3O/c1-19(11-4-2-3-5-12(11)20)13-9(15)6-8(14(17)18)7-10(13)16/h6-7,11-12,20H,2-5H2,1H3,(H3,17,18). The van der Waals surface area contributed by atoms with Crippen molar-refractivity contribution in [2.75, 3.05) is 11.9 Å². The van der Waals surface area contributed by atoms with Gasteiger partial charge in [0.25, 0.3) is 0 Å². The van der Waals surface area contributed by atoms with Crippen LogP contribution in [0.3, 0.4) is 0 Å². The number of benzene rings is 1. The van der Waals surface area contributed by atoms with Gasteiger partial charge in [0, 0.05) is 12.6 Å². The molecule has 2 atom stereocenters. The fourth-order valence-corrected chi connectivity index (χ4v) is 2.77. The highest BCUT2D eigenvalue weighted by atomic mass is 19.1. The monoisotopic (exact) mass is 283 g/mol. The van der Waals surface area contributed by atoms with Gasteiger partial charge >= 0.3 is 0 Å². The zero-order valence-electron chi connectivity index (χ0n) is 11.4. The highest BCUT2D eigenvalue weighted by molar-refractivity contribution is 5.95. The number of nitrogens with zero attached hydrogens (tertiary/aromatic N) is 1. The molecule has 1 saturated carbocycles. The lowest BCUT2D eigenvalue weighted by Gasteiger charge is -2.36. The largest absolute Gasteiger partial charge is 0.391 e. The summed E-state index contributed by atoms with van der Waals surface area (Å²) in [6.07, 6.45) is 2.62. The highest BCUT2D eigenvalue weighted by Gasteiger charge is 2.29. The molecule has 0 heterocycles. The Labute approximate surface area is 116 Å². The molecular formula is C14H19F2N3O. The molecular weight excluding hydrogens is 264 g/mol. The van der Waals surface area contributed by atoms with Crippen LogP contribution in [0.4, 0.5) is 14.5 Å². The molecule has 20 heavy (non-hydrogen) atoms. The van der Waals surface area contributed by atoms with Crippen LogP contribution in [0.2, 0.25) is 0 Å². The number of halogens is 2. The van der Waals surface area contributed by atoms with Crippen molar-refractivity contribution in [3.8, 4) is 0 Å². The average Bonchev–Trinajstić information content (AvgIpc) is 2.38. The Balaban J connectivity index is 2.34. The van der Waals surface area contributed by atoms with Gasteiger partial charge in [-0.05, 0) is 25.0 Å². The molecule has 4 N–H and O–H groups in total. The van der Waals surface area contributed by atoms with Crippen LogP contribution in [0.5, 0.6) is 0 Å². The minimum absolute atomic E-state index is 0.0151. The number of nitrogens with one attached hydrogen (secondary N) is 1. The summed E-state index contributed by atoms with van der Waals surface area (Å²) in [5.74, 6) is -1.92. The van der Waals surface area contributed by atoms with Crippen molar-refractivity contribution >= 4 is 11.5 Å². The molecule has 1 aliphatic carbocycles. The Hall–Kier alpha value is -1.69. The zero-order valence-corrected chi connectivity index (χ0v) is 11.4. The number of amidine groups is 1. The average molecular weight is 283 g/mol. The summed E-state index contributed by atoms with van der Waals surface area (Å²) >= 11 is 0. The number of nitrogens with two attached hydrogens (primary N) is 1. The van der Waals surface area contributed by atoms with Crippen LogP contribution in [0.25, 0.3) is 0 Å². The van der Waals surface area contributed by atoms with Gasteiger partial charge in [-0.3, -0.25) is 5.41 Å². The van der Waals surface area contributed by atoms with Gasteiger partial charge in [-0.15, -0.1) is 0 Å². The summed E-state index contributed by atoms with van der Waals surface area (Å²) in [7, 11) is 1.58. The van der Waals surface area contributed by atoms with E-state index in [4.69, 9.17) is 11.1 Å². The number of aliphatic hydroxyl groups is 1. The lowest BCUT2D eigenvalue weighted by atomic mass is 9.91. The normalized spacial score (nSPS) is 22.6. The first kappa shape index (κ1) is 14.7. The van der Waals surface area contributed by atoms with Crippen LogP contribution >= 0.6 is 0 Å². The van der Waals surface area contributed by atoms with Gasteiger partial charge in [-0.25, -0.2) is 8.78 Å². The number of likely N-dealkylation sites (N-methyl/N-ethyl adjacent to an activating group) is 1. The summed E-state index contributed by atoms with van der Waals surface area (Å²) in [4.78, 5) is 1.46. The molecule has 0 aliphatic heterocycles. The van der Waals surface area contributed by atoms with Crippen molar-refractivity contribution in [2.45, 2.75) is 37.8 Å². The van der Waals surface area contributed by atoms with E-state index in [0.29, 0.717) is 12.8 Å². The van der Waals surface area contributed by atoms with E-state index in [9.17, 15) is 13.9 Å². The molecule has 110 valence electrons. The van der Waals surface area contributed by atoms with Crippen LogP contribution in [-0.4, -0.2) is 30.1 Å². The van der Waals surface area contributed by atoms with Gasteiger partial charge < -0.3 is 15.7 Å². The van der Waals surface area contributed by atoms with Gasteiger partial charge in [0.1, 0.15) is 23.2 Å². The molecule has 0 saturated heterocycles. The summed E-state index contributed by atoms with van der Waals surface area (Å²) < 4.78 is 28.2. The Morgan fingerprint density at radius 1 is 1.30 bits per heavy atom. The maximum Gasteiger partial charge on any atom is 0.150 e. The molecule has 2 rings (SSSR count). The van der Waals surface area contributed by atoms with Gasteiger partial charge in [0.05, 0.1) is 12.1 Å². The fourth-order valence-electron chi connectivity index (χ4n) is 2.77. The second-order valence-electron chi connectivity index (χ2n) is 5.23. The smallest absolute Gasteiger partial charge is 0.150 e. The molecule has 0 spiro atoms. The maximum absolute atomic E-state index is 14.1. The first-order valence-electron chi connectivity index (χ1n) is 6.66. The molecule has 0 amide bonds. The third kappa shape index (κ3) is 2.75. The Morgan fingerprint density at radius 2 is 1.85 bits per heavy atom. The fraction of sp³-hybridized carbons (Fsp3) is 0.500. The molecule has 1 fully saturated rings. The van der Waals surface area contributed by atoms with Crippen molar-refractivity contribution < 1.29 is 13.9 Å². The molecule has 0 radical (unpaired) electrons. The third-order valence-corrected chi connectivity index (χ3v) is 3.87.